The summed E-state index contributed by atoms with van der Waals surface area (Å²) < 4.78 is 1.81. The molecule has 7 heteroatoms. The minimum Gasteiger partial charge on any atom is -0.480 e. The lowest BCUT2D eigenvalue weighted by Crippen LogP contribution is -2.50. The second-order valence-corrected chi connectivity index (χ2v) is 6.44. The maximum atomic E-state index is 12.3. The Morgan fingerprint density at radius 2 is 2.14 bits per heavy atom. The average molecular weight is 311 g/mol. The molecule has 1 N–H and O–H groups in total. The Balaban J connectivity index is 2.02. The summed E-state index contributed by atoms with van der Waals surface area (Å²) in [6.45, 7) is 4.44. The Kier molecular flexibility index (Phi) is 4.92. The van der Waals surface area contributed by atoms with Crippen molar-refractivity contribution in [2.24, 2.45) is 7.05 Å². The van der Waals surface area contributed by atoms with Gasteiger partial charge < -0.3 is 10.0 Å². The van der Waals surface area contributed by atoms with E-state index in [1.807, 2.05) is 25.6 Å². The number of hydrogen-bond donors (Lipinski definition) is 1. The lowest BCUT2D eigenvalue weighted by atomic mass is 10.1. The molecule has 1 aromatic rings. The van der Waals surface area contributed by atoms with Crippen molar-refractivity contribution in [3.8, 4) is 0 Å². The van der Waals surface area contributed by atoms with E-state index in [0.717, 1.165) is 22.7 Å². The van der Waals surface area contributed by atoms with Crippen LogP contribution in [-0.4, -0.2) is 55.8 Å². The lowest BCUT2D eigenvalue weighted by molar-refractivity contribution is -0.149. The molecule has 1 amide bonds. The Morgan fingerprint density at radius 3 is 2.71 bits per heavy atom. The van der Waals surface area contributed by atoms with Crippen LogP contribution in [0.1, 0.15) is 23.4 Å². The van der Waals surface area contributed by atoms with Gasteiger partial charge in [0.15, 0.2) is 0 Å². The molecular weight excluding hydrogens is 290 g/mol. The van der Waals surface area contributed by atoms with E-state index in [2.05, 4.69) is 5.10 Å². The van der Waals surface area contributed by atoms with Crippen molar-refractivity contribution in [1.29, 1.82) is 0 Å². The zero-order valence-corrected chi connectivity index (χ0v) is 13.4. The number of nitrogens with zero attached hydrogens (tertiary/aromatic N) is 3. The van der Waals surface area contributed by atoms with Gasteiger partial charge in [-0.15, -0.1) is 0 Å². The van der Waals surface area contributed by atoms with E-state index >= 15 is 0 Å². The molecule has 0 bridgehead atoms. The number of carbonyl (C=O) groups is 2. The number of carboxylic acid groups (broad SMARTS) is 1. The van der Waals surface area contributed by atoms with Crippen molar-refractivity contribution in [2.75, 3.05) is 18.1 Å². The van der Waals surface area contributed by atoms with Gasteiger partial charge >= 0.3 is 5.97 Å². The molecule has 0 saturated carbocycles. The Hall–Kier alpha value is -1.50. The van der Waals surface area contributed by atoms with Crippen molar-refractivity contribution >= 4 is 23.6 Å². The monoisotopic (exact) mass is 311 g/mol. The fraction of sp³-hybridized carbons (Fsp3) is 0.643. The number of rotatable bonds is 4. The number of hydrogen-bond acceptors (Lipinski definition) is 4. The number of carboxylic acids is 1. The van der Waals surface area contributed by atoms with Gasteiger partial charge in [-0.1, -0.05) is 0 Å². The molecule has 6 nitrogen and oxygen atoms in total. The number of aromatic nitrogens is 2. The van der Waals surface area contributed by atoms with E-state index in [9.17, 15) is 14.7 Å². The summed E-state index contributed by atoms with van der Waals surface area (Å²) in [6, 6.07) is -0.688. The van der Waals surface area contributed by atoms with E-state index in [0.29, 0.717) is 25.1 Å². The topological polar surface area (TPSA) is 75.4 Å². The fourth-order valence-electron chi connectivity index (χ4n) is 2.66. The standard InChI is InChI=1S/C14H21N3O3S/c1-9-11(10(2)16(3)15-9)4-5-13(18)17-6-7-21-8-12(17)14(19)20/h12H,4-8H2,1-3H3,(H,19,20). The minimum atomic E-state index is -0.913. The van der Waals surface area contributed by atoms with Gasteiger partial charge in [0.05, 0.1) is 5.69 Å². The molecule has 0 aromatic carbocycles. The van der Waals surface area contributed by atoms with E-state index in [1.165, 1.54) is 4.90 Å². The summed E-state index contributed by atoms with van der Waals surface area (Å²) in [5, 5.41) is 13.6. The van der Waals surface area contributed by atoms with Gasteiger partial charge in [0.2, 0.25) is 5.91 Å². The Morgan fingerprint density at radius 1 is 1.43 bits per heavy atom. The van der Waals surface area contributed by atoms with Crippen LogP contribution in [0.2, 0.25) is 0 Å². The summed E-state index contributed by atoms with van der Waals surface area (Å²) in [7, 11) is 1.88. The molecule has 1 atom stereocenters. The second-order valence-electron chi connectivity index (χ2n) is 5.29. The van der Waals surface area contributed by atoms with Gasteiger partial charge in [0.25, 0.3) is 0 Å². The molecule has 2 rings (SSSR count). The number of carbonyl (C=O) groups excluding carboxylic acids is 1. The van der Waals surface area contributed by atoms with Gasteiger partial charge in [0.1, 0.15) is 6.04 Å². The molecule has 116 valence electrons. The quantitative estimate of drug-likeness (QED) is 0.898. The van der Waals surface area contributed by atoms with Gasteiger partial charge in [-0.3, -0.25) is 9.48 Å². The highest BCUT2D eigenvalue weighted by Gasteiger charge is 2.32. The van der Waals surface area contributed by atoms with Crippen LogP contribution in [0, 0.1) is 13.8 Å². The molecule has 1 fully saturated rings. The van der Waals surface area contributed by atoms with E-state index in [-0.39, 0.29) is 5.91 Å². The molecule has 1 saturated heterocycles. The predicted molar refractivity (Wildman–Crippen MR) is 81.5 cm³/mol. The molecule has 1 unspecified atom stereocenters. The molecule has 1 aromatic heterocycles. The third-order valence-corrected chi connectivity index (χ3v) is 5.00. The van der Waals surface area contributed by atoms with Crippen LogP contribution in [0.4, 0.5) is 0 Å². The van der Waals surface area contributed by atoms with Gasteiger partial charge in [0, 0.05) is 37.2 Å². The molecule has 1 aliphatic heterocycles. The van der Waals surface area contributed by atoms with Gasteiger partial charge in [-0.05, 0) is 25.8 Å². The Labute approximate surface area is 128 Å². The third kappa shape index (κ3) is 3.40. The van der Waals surface area contributed by atoms with Crippen LogP contribution in [0.25, 0.3) is 0 Å². The molecule has 0 spiro atoms. The number of amides is 1. The van der Waals surface area contributed by atoms with E-state index < -0.39 is 12.0 Å². The largest absolute Gasteiger partial charge is 0.480 e. The smallest absolute Gasteiger partial charge is 0.327 e. The average Bonchev–Trinajstić information content (AvgIpc) is 2.70. The zero-order valence-electron chi connectivity index (χ0n) is 12.6. The first-order valence-corrected chi connectivity index (χ1v) is 8.16. The second kappa shape index (κ2) is 6.51. The van der Waals surface area contributed by atoms with Gasteiger partial charge in [-0.2, -0.15) is 16.9 Å². The minimum absolute atomic E-state index is 0.0784. The van der Waals surface area contributed by atoms with Crippen molar-refractivity contribution in [3.05, 3.63) is 17.0 Å². The molecule has 1 aliphatic rings. The SMILES string of the molecule is Cc1nn(C)c(C)c1CCC(=O)N1CCSCC1C(=O)O. The van der Waals surface area contributed by atoms with Crippen LogP contribution < -0.4 is 0 Å². The number of aliphatic carboxylic acids is 1. The first kappa shape index (κ1) is 15.9. The maximum Gasteiger partial charge on any atom is 0.327 e. The molecule has 0 aliphatic carbocycles. The number of thioether (sulfide) groups is 1. The molecule has 21 heavy (non-hydrogen) atoms. The lowest BCUT2D eigenvalue weighted by Gasteiger charge is -2.32. The summed E-state index contributed by atoms with van der Waals surface area (Å²) >= 11 is 1.59. The molecule has 0 radical (unpaired) electrons. The zero-order chi connectivity index (χ0) is 15.6. The van der Waals surface area contributed by atoms with Crippen molar-refractivity contribution in [2.45, 2.75) is 32.7 Å². The third-order valence-electron chi connectivity index (χ3n) is 3.98. The van der Waals surface area contributed by atoms with Crippen LogP contribution in [0.3, 0.4) is 0 Å². The van der Waals surface area contributed by atoms with Crippen molar-refractivity contribution < 1.29 is 14.7 Å². The highest BCUT2D eigenvalue weighted by atomic mass is 32.2. The predicted octanol–water partition coefficient (Wildman–Crippen LogP) is 0.998. The Bertz CT molecular complexity index is 556. The van der Waals surface area contributed by atoms with E-state index in [4.69, 9.17) is 0 Å². The van der Waals surface area contributed by atoms with Crippen LogP contribution in [0.15, 0.2) is 0 Å². The normalized spacial score (nSPS) is 18.8. The van der Waals surface area contributed by atoms with E-state index in [1.54, 1.807) is 11.8 Å². The van der Waals surface area contributed by atoms with Crippen LogP contribution in [0.5, 0.6) is 0 Å². The fourth-order valence-corrected chi connectivity index (χ4v) is 3.70. The first-order valence-electron chi connectivity index (χ1n) is 7.01. The van der Waals surface area contributed by atoms with Crippen molar-refractivity contribution in [1.82, 2.24) is 14.7 Å². The van der Waals surface area contributed by atoms with Crippen LogP contribution in [-0.2, 0) is 23.1 Å². The highest BCUT2D eigenvalue weighted by molar-refractivity contribution is 7.99. The summed E-state index contributed by atoms with van der Waals surface area (Å²) in [5.74, 6) is 0.293. The van der Waals surface area contributed by atoms with Crippen LogP contribution >= 0.6 is 11.8 Å². The summed E-state index contributed by atoms with van der Waals surface area (Å²) in [5.41, 5.74) is 3.08. The first-order chi connectivity index (χ1) is 9.91. The maximum absolute atomic E-state index is 12.3. The molecular formula is C14H21N3O3S. The summed E-state index contributed by atoms with van der Waals surface area (Å²) in [6.07, 6.45) is 0.947. The number of aryl methyl sites for hydroxylation is 2. The molecule has 2 heterocycles. The van der Waals surface area contributed by atoms with Gasteiger partial charge in [-0.25, -0.2) is 4.79 Å². The van der Waals surface area contributed by atoms with Crippen molar-refractivity contribution in [3.63, 3.8) is 0 Å². The summed E-state index contributed by atoms with van der Waals surface area (Å²) in [4.78, 5) is 25.1. The highest BCUT2D eigenvalue weighted by Crippen LogP contribution is 2.20.